The molecular formula is C25H21N3O3. The monoisotopic (exact) mass is 411 g/mol. The summed E-state index contributed by atoms with van der Waals surface area (Å²) in [7, 11) is 1.65. The van der Waals surface area contributed by atoms with Gasteiger partial charge in [-0.3, -0.25) is 0 Å². The molecule has 0 unspecified atom stereocenters. The molecule has 5 aromatic rings. The first-order chi connectivity index (χ1) is 15.1. The van der Waals surface area contributed by atoms with Gasteiger partial charge in [-0.1, -0.05) is 42.5 Å². The van der Waals surface area contributed by atoms with E-state index in [0.29, 0.717) is 12.3 Å². The van der Waals surface area contributed by atoms with Gasteiger partial charge in [-0.15, -0.1) is 0 Å². The fourth-order valence-corrected chi connectivity index (χ4v) is 3.87. The average Bonchev–Trinajstić information content (AvgIpc) is 3.18. The summed E-state index contributed by atoms with van der Waals surface area (Å²) < 4.78 is 13.3. The van der Waals surface area contributed by atoms with Gasteiger partial charge >= 0.3 is 5.69 Å². The van der Waals surface area contributed by atoms with Gasteiger partial charge in [0.15, 0.2) is 5.65 Å². The van der Waals surface area contributed by atoms with Crippen LogP contribution in [0.4, 0.5) is 0 Å². The van der Waals surface area contributed by atoms with E-state index in [1.54, 1.807) is 11.5 Å². The maximum Gasteiger partial charge on any atom is 0.348 e. The van der Waals surface area contributed by atoms with Gasteiger partial charge in [-0.25, -0.2) is 14.3 Å². The maximum atomic E-state index is 12.4. The molecule has 0 bridgehead atoms. The molecule has 6 heteroatoms. The number of methoxy groups -OCH3 is 1. The Morgan fingerprint density at radius 3 is 2.65 bits per heavy atom. The van der Waals surface area contributed by atoms with Crippen molar-refractivity contribution in [2.24, 2.45) is 0 Å². The zero-order valence-electron chi connectivity index (χ0n) is 17.3. The second-order valence-corrected chi connectivity index (χ2v) is 7.42. The number of aromatic nitrogens is 3. The fourth-order valence-electron chi connectivity index (χ4n) is 3.87. The third kappa shape index (κ3) is 3.42. The van der Waals surface area contributed by atoms with Crippen LogP contribution in [0.25, 0.3) is 27.7 Å². The van der Waals surface area contributed by atoms with Crippen molar-refractivity contribution in [1.82, 2.24) is 14.6 Å². The SMILES string of the molecule is COc1cc2c(C)cc3n[nH]c(=O)n3c2cc1-c1cccc(OCc2ccccc2)c1. The summed E-state index contributed by atoms with van der Waals surface area (Å²) >= 11 is 0. The standard InChI is InChI=1S/C25H21N3O3/c1-16-11-24-26-27-25(29)28(24)22-13-21(23(30-2)14-20(16)22)18-9-6-10-19(12-18)31-15-17-7-4-3-5-8-17/h3-14H,15H2,1-2H3,(H,27,29). The van der Waals surface area contributed by atoms with E-state index in [9.17, 15) is 4.79 Å². The van der Waals surface area contributed by atoms with Crippen molar-refractivity contribution in [3.63, 3.8) is 0 Å². The average molecular weight is 411 g/mol. The molecule has 154 valence electrons. The Balaban J connectivity index is 1.61. The van der Waals surface area contributed by atoms with Crippen molar-refractivity contribution in [2.75, 3.05) is 7.11 Å². The lowest BCUT2D eigenvalue weighted by Crippen LogP contribution is -2.10. The number of aromatic amines is 1. The predicted molar refractivity (Wildman–Crippen MR) is 121 cm³/mol. The van der Waals surface area contributed by atoms with Crippen LogP contribution in [-0.2, 0) is 6.61 Å². The van der Waals surface area contributed by atoms with Crippen molar-refractivity contribution in [3.8, 4) is 22.6 Å². The largest absolute Gasteiger partial charge is 0.496 e. The van der Waals surface area contributed by atoms with Gasteiger partial charge in [0.05, 0.1) is 12.6 Å². The number of pyridine rings is 1. The van der Waals surface area contributed by atoms with E-state index in [1.807, 2.05) is 79.7 Å². The van der Waals surface area contributed by atoms with Crippen LogP contribution in [-0.4, -0.2) is 21.7 Å². The highest BCUT2D eigenvalue weighted by Gasteiger charge is 2.14. The van der Waals surface area contributed by atoms with E-state index in [1.165, 1.54) is 0 Å². The zero-order valence-corrected chi connectivity index (χ0v) is 17.3. The third-order valence-electron chi connectivity index (χ3n) is 5.42. The van der Waals surface area contributed by atoms with Crippen LogP contribution in [0.15, 0.2) is 77.6 Å². The molecule has 1 N–H and O–H groups in total. The number of H-pyrrole nitrogens is 1. The van der Waals surface area contributed by atoms with Crippen LogP contribution in [0.3, 0.4) is 0 Å². The van der Waals surface area contributed by atoms with Crippen LogP contribution >= 0.6 is 0 Å². The van der Waals surface area contributed by atoms with Crippen molar-refractivity contribution in [2.45, 2.75) is 13.5 Å². The molecule has 2 aromatic heterocycles. The Bertz CT molecular complexity index is 1450. The Morgan fingerprint density at radius 1 is 1.00 bits per heavy atom. The second-order valence-electron chi connectivity index (χ2n) is 7.42. The topological polar surface area (TPSA) is 68.6 Å². The molecule has 0 amide bonds. The Morgan fingerprint density at radius 2 is 1.84 bits per heavy atom. The Hall–Kier alpha value is -4.06. The van der Waals surface area contributed by atoms with Gasteiger partial charge in [0.25, 0.3) is 0 Å². The molecule has 0 spiro atoms. The van der Waals surface area contributed by atoms with Crippen LogP contribution < -0.4 is 15.2 Å². The molecule has 0 saturated carbocycles. The zero-order chi connectivity index (χ0) is 21.4. The van der Waals surface area contributed by atoms with Crippen molar-refractivity contribution >= 4 is 16.6 Å². The minimum Gasteiger partial charge on any atom is -0.496 e. The molecule has 3 aromatic carbocycles. The highest BCUT2D eigenvalue weighted by atomic mass is 16.5. The quantitative estimate of drug-likeness (QED) is 0.454. The molecule has 5 rings (SSSR count). The van der Waals surface area contributed by atoms with Crippen molar-refractivity contribution in [3.05, 3.63) is 94.4 Å². The minimum atomic E-state index is -0.268. The first-order valence-corrected chi connectivity index (χ1v) is 9.99. The highest BCUT2D eigenvalue weighted by Crippen LogP contribution is 2.36. The molecule has 0 aliphatic carbocycles. The molecule has 0 saturated heterocycles. The first kappa shape index (κ1) is 18.9. The van der Waals surface area contributed by atoms with Gasteiger partial charge in [0, 0.05) is 10.9 Å². The smallest absolute Gasteiger partial charge is 0.348 e. The number of hydrogen-bond acceptors (Lipinski definition) is 4. The van der Waals surface area contributed by atoms with Gasteiger partial charge < -0.3 is 9.47 Å². The Labute approximate surface area is 178 Å². The molecule has 0 fully saturated rings. The van der Waals surface area contributed by atoms with Crippen LogP contribution in [0.1, 0.15) is 11.1 Å². The van der Waals surface area contributed by atoms with Crippen molar-refractivity contribution in [1.29, 1.82) is 0 Å². The van der Waals surface area contributed by atoms with E-state index in [0.717, 1.165) is 44.7 Å². The molecular weight excluding hydrogens is 390 g/mol. The summed E-state index contributed by atoms with van der Waals surface area (Å²) in [6, 6.07) is 23.7. The fraction of sp³-hybridized carbons (Fsp3) is 0.120. The van der Waals surface area contributed by atoms with Crippen LogP contribution in [0.2, 0.25) is 0 Å². The van der Waals surface area contributed by atoms with Gasteiger partial charge in [-0.2, -0.15) is 5.10 Å². The molecule has 2 heterocycles. The summed E-state index contributed by atoms with van der Waals surface area (Å²) in [4.78, 5) is 12.4. The molecule has 6 nitrogen and oxygen atoms in total. The summed E-state index contributed by atoms with van der Waals surface area (Å²) in [6.45, 7) is 2.49. The number of benzene rings is 3. The normalized spacial score (nSPS) is 11.2. The summed E-state index contributed by atoms with van der Waals surface area (Å²) in [6.07, 6.45) is 0. The molecule has 0 aliphatic heterocycles. The first-order valence-electron chi connectivity index (χ1n) is 9.99. The predicted octanol–water partition coefficient (Wildman–Crippen LogP) is 4.74. The van der Waals surface area contributed by atoms with Crippen LogP contribution in [0, 0.1) is 6.92 Å². The third-order valence-corrected chi connectivity index (χ3v) is 5.42. The molecule has 0 aliphatic rings. The van der Waals surface area contributed by atoms with E-state index < -0.39 is 0 Å². The highest BCUT2D eigenvalue weighted by molar-refractivity contribution is 5.92. The number of aryl methyl sites for hydroxylation is 1. The van der Waals surface area contributed by atoms with E-state index in [-0.39, 0.29) is 5.69 Å². The molecule has 0 atom stereocenters. The number of nitrogens with one attached hydrogen (secondary N) is 1. The summed E-state index contributed by atoms with van der Waals surface area (Å²) in [5.74, 6) is 1.49. The Kier molecular flexibility index (Phi) is 4.67. The lowest BCUT2D eigenvalue weighted by Gasteiger charge is -2.14. The van der Waals surface area contributed by atoms with E-state index >= 15 is 0 Å². The lowest BCUT2D eigenvalue weighted by atomic mass is 10.00. The molecule has 31 heavy (non-hydrogen) atoms. The van der Waals surface area contributed by atoms with Gasteiger partial charge in [0.2, 0.25) is 0 Å². The number of nitrogens with zero attached hydrogens (tertiary/aromatic N) is 2. The second kappa shape index (κ2) is 7.65. The summed E-state index contributed by atoms with van der Waals surface area (Å²) in [5.41, 5.74) is 5.04. The van der Waals surface area contributed by atoms with Crippen molar-refractivity contribution < 1.29 is 9.47 Å². The van der Waals surface area contributed by atoms with Gasteiger partial charge in [0.1, 0.15) is 18.1 Å². The minimum absolute atomic E-state index is 0.268. The summed E-state index contributed by atoms with van der Waals surface area (Å²) in [5, 5.41) is 7.59. The number of rotatable bonds is 5. The van der Waals surface area contributed by atoms with Gasteiger partial charge in [-0.05, 0) is 53.9 Å². The number of ether oxygens (including phenoxy) is 2. The van der Waals surface area contributed by atoms with E-state index in [2.05, 4.69) is 10.2 Å². The lowest BCUT2D eigenvalue weighted by molar-refractivity contribution is 0.306. The number of fused-ring (bicyclic) bond motifs is 3. The van der Waals surface area contributed by atoms with E-state index in [4.69, 9.17) is 9.47 Å². The number of hydrogen-bond donors (Lipinski definition) is 1. The molecule has 0 radical (unpaired) electrons. The maximum absolute atomic E-state index is 12.4. The van der Waals surface area contributed by atoms with Crippen LogP contribution in [0.5, 0.6) is 11.5 Å².